The summed E-state index contributed by atoms with van der Waals surface area (Å²) in [5.74, 6) is 0. The third kappa shape index (κ3) is 3.89. The first-order chi connectivity index (χ1) is 11.1. The topological polar surface area (TPSA) is 64.0 Å². The van der Waals surface area contributed by atoms with E-state index in [-0.39, 0.29) is 17.5 Å². The molecule has 2 aromatic heterocycles. The molecule has 0 radical (unpaired) electrons. The average molecular weight is 412 g/mol. The summed E-state index contributed by atoms with van der Waals surface area (Å²) in [4.78, 5) is 1.29. The Labute approximate surface area is 147 Å². The van der Waals surface area contributed by atoms with Gasteiger partial charge in [-0.1, -0.05) is 22.0 Å². The molecular formula is C15H14BrN3O2S2. The molecule has 3 rings (SSSR count). The summed E-state index contributed by atoms with van der Waals surface area (Å²) in [6.45, 7) is 0.237. The Hall–Kier alpha value is -1.48. The van der Waals surface area contributed by atoms with Crippen molar-refractivity contribution in [1.82, 2.24) is 14.5 Å². The molecule has 1 atom stereocenters. The molecule has 0 saturated heterocycles. The van der Waals surface area contributed by atoms with Crippen LogP contribution < -0.4 is 4.72 Å². The van der Waals surface area contributed by atoms with Gasteiger partial charge in [0.05, 0.1) is 10.9 Å². The lowest BCUT2D eigenvalue weighted by atomic mass is 10.2. The Morgan fingerprint density at radius 1 is 1.22 bits per heavy atom. The molecule has 8 heteroatoms. The highest BCUT2D eigenvalue weighted by molar-refractivity contribution is 9.10. The van der Waals surface area contributed by atoms with Crippen molar-refractivity contribution in [2.75, 3.05) is 6.54 Å². The average Bonchev–Trinajstić information content (AvgIpc) is 3.21. The van der Waals surface area contributed by atoms with Gasteiger partial charge in [-0.3, -0.25) is 4.68 Å². The fraction of sp³-hybridized carbons (Fsp3) is 0.133. The van der Waals surface area contributed by atoms with Crippen LogP contribution in [0, 0.1) is 0 Å². The monoisotopic (exact) mass is 411 g/mol. The molecule has 120 valence electrons. The van der Waals surface area contributed by atoms with E-state index in [1.807, 2.05) is 29.8 Å². The Kier molecular flexibility index (Phi) is 4.96. The highest BCUT2D eigenvalue weighted by Crippen LogP contribution is 2.23. The van der Waals surface area contributed by atoms with Crippen LogP contribution >= 0.6 is 27.3 Å². The standard InChI is InChI=1S/C15H14BrN3O2S2/c16-12-4-6-13(7-5-12)23(20,21)18-11-14(15-3-1-10-22-15)19-9-2-8-17-19/h1-10,14,18H,11H2. The van der Waals surface area contributed by atoms with Gasteiger partial charge in [-0.05, 0) is 41.8 Å². The summed E-state index contributed by atoms with van der Waals surface area (Å²) in [5, 5.41) is 6.21. The second-order valence-electron chi connectivity index (χ2n) is 4.82. The van der Waals surface area contributed by atoms with E-state index in [2.05, 4.69) is 25.8 Å². The van der Waals surface area contributed by atoms with Crippen molar-refractivity contribution in [1.29, 1.82) is 0 Å². The first-order valence-electron chi connectivity index (χ1n) is 6.84. The highest BCUT2D eigenvalue weighted by Gasteiger charge is 2.20. The summed E-state index contributed by atoms with van der Waals surface area (Å²) in [6.07, 6.45) is 3.52. The van der Waals surface area contributed by atoms with Crippen LogP contribution in [0.4, 0.5) is 0 Å². The van der Waals surface area contributed by atoms with E-state index in [0.29, 0.717) is 0 Å². The summed E-state index contributed by atoms with van der Waals surface area (Å²) < 4.78 is 30.1. The van der Waals surface area contributed by atoms with Crippen LogP contribution in [0.15, 0.2) is 69.6 Å². The molecule has 3 aromatic rings. The fourth-order valence-corrected chi connectivity index (χ4v) is 4.28. The molecule has 0 fully saturated rings. The lowest BCUT2D eigenvalue weighted by Gasteiger charge is -2.17. The predicted molar refractivity (Wildman–Crippen MR) is 94.0 cm³/mol. The van der Waals surface area contributed by atoms with Crippen molar-refractivity contribution in [2.24, 2.45) is 0 Å². The van der Waals surface area contributed by atoms with Gasteiger partial charge < -0.3 is 0 Å². The summed E-state index contributed by atoms with van der Waals surface area (Å²) >= 11 is 4.88. The molecule has 0 aliphatic carbocycles. The first kappa shape index (κ1) is 16.4. The van der Waals surface area contributed by atoms with Crippen LogP contribution in [-0.2, 0) is 10.0 Å². The quantitative estimate of drug-likeness (QED) is 0.676. The maximum absolute atomic E-state index is 12.4. The van der Waals surface area contributed by atoms with Gasteiger partial charge in [-0.2, -0.15) is 5.10 Å². The van der Waals surface area contributed by atoms with Gasteiger partial charge >= 0.3 is 0 Å². The van der Waals surface area contributed by atoms with Crippen LogP contribution in [0.1, 0.15) is 10.9 Å². The maximum Gasteiger partial charge on any atom is 0.240 e. The van der Waals surface area contributed by atoms with Crippen LogP contribution in [0.3, 0.4) is 0 Å². The first-order valence-corrected chi connectivity index (χ1v) is 9.99. The second kappa shape index (κ2) is 6.96. The molecule has 0 saturated carbocycles. The Morgan fingerprint density at radius 3 is 2.61 bits per heavy atom. The number of sulfonamides is 1. The van der Waals surface area contributed by atoms with Gasteiger partial charge in [0.25, 0.3) is 0 Å². The normalized spacial score (nSPS) is 13.1. The number of hydrogen-bond acceptors (Lipinski definition) is 4. The zero-order chi connectivity index (χ0) is 16.3. The minimum Gasteiger partial charge on any atom is -0.263 e. The largest absolute Gasteiger partial charge is 0.263 e. The Morgan fingerprint density at radius 2 is 2.00 bits per heavy atom. The maximum atomic E-state index is 12.4. The third-order valence-electron chi connectivity index (χ3n) is 3.31. The SMILES string of the molecule is O=S(=O)(NCC(c1cccs1)n1cccn1)c1ccc(Br)cc1. The highest BCUT2D eigenvalue weighted by atomic mass is 79.9. The number of nitrogens with zero attached hydrogens (tertiary/aromatic N) is 2. The van der Waals surface area contributed by atoms with Crippen molar-refractivity contribution in [2.45, 2.75) is 10.9 Å². The molecule has 1 unspecified atom stereocenters. The molecule has 23 heavy (non-hydrogen) atoms. The van der Waals surface area contributed by atoms with E-state index < -0.39 is 10.0 Å². The van der Waals surface area contributed by atoms with Crippen molar-refractivity contribution in [3.05, 3.63) is 69.6 Å². The molecule has 0 bridgehead atoms. The number of hydrogen-bond donors (Lipinski definition) is 1. The number of thiophene rings is 1. The number of benzene rings is 1. The molecule has 2 heterocycles. The van der Waals surface area contributed by atoms with Gasteiger partial charge in [-0.15, -0.1) is 11.3 Å². The second-order valence-corrected chi connectivity index (χ2v) is 8.49. The van der Waals surface area contributed by atoms with Crippen molar-refractivity contribution >= 4 is 37.3 Å². The van der Waals surface area contributed by atoms with E-state index in [9.17, 15) is 8.42 Å². The molecular weight excluding hydrogens is 398 g/mol. The Bertz CT molecular complexity index is 811. The Balaban J connectivity index is 1.80. The molecule has 1 aromatic carbocycles. The molecule has 1 N–H and O–H groups in total. The molecule has 5 nitrogen and oxygen atoms in total. The number of nitrogens with one attached hydrogen (secondary N) is 1. The van der Waals surface area contributed by atoms with Crippen molar-refractivity contribution in [3.8, 4) is 0 Å². The minimum atomic E-state index is -3.56. The molecule has 0 spiro atoms. The molecule has 0 aliphatic rings. The van der Waals surface area contributed by atoms with Crippen LogP contribution in [0.25, 0.3) is 0 Å². The fourth-order valence-electron chi connectivity index (χ4n) is 2.16. The third-order valence-corrected chi connectivity index (χ3v) is 6.25. The molecule has 0 aliphatic heterocycles. The van der Waals surface area contributed by atoms with Crippen molar-refractivity contribution in [3.63, 3.8) is 0 Å². The van der Waals surface area contributed by atoms with Gasteiger partial charge in [-0.25, -0.2) is 13.1 Å². The lowest BCUT2D eigenvalue weighted by Crippen LogP contribution is -2.31. The number of rotatable bonds is 6. The predicted octanol–water partition coefficient (Wildman–Crippen LogP) is 3.28. The van der Waals surface area contributed by atoms with E-state index in [4.69, 9.17) is 0 Å². The van der Waals surface area contributed by atoms with E-state index in [0.717, 1.165) is 9.35 Å². The molecule has 0 amide bonds. The summed E-state index contributed by atoms with van der Waals surface area (Å²) in [7, 11) is -3.56. The number of halogens is 1. The van der Waals surface area contributed by atoms with Crippen LogP contribution in [-0.4, -0.2) is 24.7 Å². The smallest absolute Gasteiger partial charge is 0.240 e. The van der Waals surface area contributed by atoms with E-state index in [1.54, 1.807) is 46.5 Å². The zero-order valence-electron chi connectivity index (χ0n) is 12.0. The van der Waals surface area contributed by atoms with Gasteiger partial charge in [0, 0.05) is 28.3 Å². The number of aromatic nitrogens is 2. The van der Waals surface area contributed by atoms with Crippen LogP contribution in [0.5, 0.6) is 0 Å². The summed E-state index contributed by atoms with van der Waals surface area (Å²) in [5.41, 5.74) is 0. The lowest BCUT2D eigenvalue weighted by molar-refractivity contribution is 0.511. The van der Waals surface area contributed by atoms with Gasteiger partial charge in [0.15, 0.2) is 0 Å². The van der Waals surface area contributed by atoms with Gasteiger partial charge in [0.1, 0.15) is 0 Å². The summed E-state index contributed by atoms with van der Waals surface area (Å²) in [6, 6.07) is 12.1. The minimum absolute atomic E-state index is 0.171. The zero-order valence-corrected chi connectivity index (χ0v) is 15.2. The van der Waals surface area contributed by atoms with Gasteiger partial charge in [0.2, 0.25) is 10.0 Å². The van der Waals surface area contributed by atoms with E-state index in [1.165, 1.54) is 0 Å². The van der Waals surface area contributed by atoms with E-state index >= 15 is 0 Å². The van der Waals surface area contributed by atoms with Crippen molar-refractivity contribution < 1.29 is 8.42 Å². The van der Waals surface area contributed by atoms with Crippen LogP contribution in [0.2, 0.25) is 0 Å².